The third-order valence-electron chi connectivity index (χ3n) is 5.70. The fourth-order valence-electron chi connectivity index (χ4n) is 4.60. The summed E-state index contributed by atoms with van der Waals surface area (Å²) in [7, 11) is 0. The van der Waals surface area contributed by atoms with Gasteiger partial charge in [-0.25, -0.2) is 0 Å². The molecule has 5 unspecified atom stereocenters. The first-order valence-electron chi connectivity index (χ1n) is 8.81. The fourth-order valence-corrected chi connectivity index (χ4v) is 4.60. The number of ether oxygens (including phenoxy) is 1. The molecule has 2 aliphatic heterocycles. The number of hydrogen-bond acceptors (Lipinski definition) is 3. The van der Waals surface area contributed by atoms with Crippen LogP contribution in [0, 0.1) is 5.92 Å². The topological polar surface area (TPSA) is 32.7 Å². The zero-order valence-electron chi connectivity index (χ0n) is 13.0. The molecule has 0 aromatic carbocycles. The van der Waals surface area contributed by atoms with Crippen molar-refractivity contribution < 1.29 is 9.84 Å². The predicted molar refractivity (Wildman–Crippen MR) is 80.7 cm³/mol. The molecule has 5 atom stereocenters. The van der Waals surface area contributed by atoms with E-state index in [1.165, 1.54) is 57.9 Å². The molecule has 0 bridgehead atoms. The second-order valence-electron chi connectivity index (χ2n) is 7.22. The third-order valence-corrected chi connectivity index (χ3v) is 5.70. The van der Waals surface area contributed by atoms with Gasteiger partial charge < -0.3 is 9.84 Å². The molecule has 1 aliphatic carbocycles. The van der Waals surface area contributed by atoms with Gasteiger partial charge in [-0.05, 0) is 52.0 Å². The van der Waals surface area contributed by atoms with Crippen LogP contribution in [0.3, 0.4) is 0 Å². The average molecular weight is 281 g/mol. The van der Waals surface area contributed by atoms with Crippen molar-refractivity contribution in [2.45, 2.75) is 89.1 Å². The number of aliphatic hydroxyl groups excluding tert-OH is 1. The van der Waals surface area contributed by atoms with Gasteiger partial charge in [-0.2, -0.15) is 0 Å². The van der Waals surface area contributed by atoms with Gasteiger partial charge in [-0.15, -0.1) is 0 Å². The molecule has 116 valence electrons. The van der Waals surface area contributed by atoms with Crippen molar-refractivity contribution >= 4 is 0 Å². The van der Waals surface area contributed by atoms with Crippen LogP contribution in [0.4, 0.5) is 0 Å². The largest absolute Gasteiger partial charge is 0.393 e. The second kappa shape index (κ2) is 6.76. The number of rotatable bonds is 3. The number of likely N-dealkylation sites (tertiary alicyclic amines) is 1. The van der Waals surface area contributed by atoms with Crippen LogP contribution in [0.15, 0.2) is 0 Å². The predicted octanol–water partition coefficient (Wildman–Crippen LogP) is 2.96. The van der Waals surface area contributed by atoms with E-state index in [1.807, 2.05) is 0 Å². The number of hydrogen-bond donors (Lipinski definition) is 1. The van der Waals surface area contributed by atoms with Crippen LogP contribution in [0.5, 0.6) is 0 Å². The van der Waals surface area contributed by atoms with Crippen LogP contribution >= 0.6 is 0 Å². The lowest BCUT2D eigenvalue weighted by atomic mass is 9.78. The van der Waals surface area contributed by atoms with Crippen molar-refractivity contribution in [3.8, 4) is 0 Å². The van der Waals surface area contributed by atoms with Gasteiger partial charge in [0, 0.05) is 18.5 Å². The molecule has 3 nitrogen and oxygen atoms in total. The maximum absolute atomic E-state index is 10.4. The van der Waals surface area contributed by atoms with Crippen LogP contribution in [0.1, 0.15) is 64.7 Å². The minimum absolute atomic E-state index is 0.0576. The van der Waals surface area contributed by atoms with Gasteiger partial charge in [-0.1, -0.05) is 19.3 Å². The van der Waals surface area contributed by atoms with E-state index >= 15 is 0 Å². The van der Waals surface area contributed by atoms with Crippen LogP contribution in [0.25, 0.3) is 0 Å². The number of piperidine rings is 1. The summed E-state index contributed by atoms with van der Waals surface area (Å²) in [6.45, 7) is 4.50. The first-order valence-corrected chi connectivity index (χ1v) is 8.81. The molecule has 2 heterocycles. The Kier molecular flexibility index (Phi) is 5.00. The molecule has 3 heteroatoms. The Hall–Kier alpha value is -0.120. The molecule has 0 aromatic heterocycles. The highest BCUT2D eigenvalue weighted by molar-refractivity contribution is 4.90. The summed E-state index contributed by atoms with van der Waals surface area (Å²) >= 11 is 0. The molecule has 3 fully saturated rings. The SMILES string of the molecule is CC1CCC(CN2CCCCC2C2CCCCC2O)O1. The van der Waals surface area contributed by atoms with E-state index in [-0.39, 0.29) is 6.10 Å². The van der Waals surface area contributed by atoms with E-state index in [2.05, 4.69) is 11.8 Å². The molecule has 0 spiro atoms. The van der Waals surface area contributed by atoms with Crippen molar-refractivity contribution in [1.29, 1.82) is 0 Å². The molecule has 2 saturated heterocycles. The quantitative estimate of drug-likeness (QED) is 0.863. The Morgan fingerprint density at radius 3 is 2.55 bits per heavy atom. The normalized spacial score (nSPS) is 43.8. The Labute approximate surface area is 123 Å². The van der Waals surface area contributed by atoms with Crippen LogP contribution in [-0.4, -0.2) is 47.4 Å². The van der Waals surface area contributed by atoms with Gasteiger partial charge >= 0.3 is 0 Å². The molecule has 1 saturated carbocycles. The second-order valence-corrected chi connectivity index (χ2v) is 7.22. The lowest BCUT2D eigenvalue weighted by molar-refractivity contribution is -0.0325. The lowest BCUT2D eigenvalue weighted by Crippen LogP contribution is -2.50. The van der Waals surface area contributed by atoms with Gasteiger partial charge in [-0.3, -0.25) is 4.90 Å². The number of aliphatic hydroxyl groups is 1. The maximum atomic E-state index is 10.4. The Bertz CT molecular complexity index is 309. The monoisotopic (exact) mass is 281 g/mol. The van der Waals surface area contributed by atoms with Crippen LogP contribution in [0.2, 0.25) is 0 Å². The van der Waals surface area contributed by atoms with Crippen LogP contribution < -0.4 is 0 Å². The van der Waals surface area contributed by atoms with E-state index in [9.17, 15) is 5.11 Å². The smallest absolute Gasteiger partial charge is 0.0706 e. The molecule has 0 amide bonds. The molecule has 20 heavy (non-hydrogen) atoms. The zero-order chi connectivity index (χ0) is 13.9. The van der Waals surface area contributed by atoms with E-state index < -0.39 is 0 Å². The van der Waals surface area contributed by atoms with Gasteiger partial charge in [0.05, 0.1) is 18.3 Å². The molecule has 0 radical (unpaired) electrons. The molecular weight excluding hydrogens is 250 g/mol. The highest BCUT2D eigenvalue weighted by Gasteiger charge is 2.37. The molecule has 0 aromatic rings. The first-order chi connectivity index (χ1) is 9.74. The van der Waals surface area contributed by atoms with Crippen molar-refractivity contribution in [2.75, 3.05) is 13.1 Å². The Morgan fingerprint density at radius 1 is 1.00 bits per heavy atom. The molecule has 3 rings (SSSR count). The van der Waals surface area contributed by atoms with Crippen molar-refractivity contribution in [2.24, 2.45) is 5.92 Å². The highest BCUT2D eigenvalue weighted by Crippen LogP contribution is 2.34. The van der Waals surface area contributed by atoms with E-state index in [0.717, 1.165) is 13.0 Å². The Balaban J connectivity index is 1.61. The molecular formula is C17H31NO2. The third kappa shape index (κ3) is 3.37. The van der Waals surface area contributed by atoms with Crippen molar-refractivity contribution in [3.63, 3.8) is 0 Å². The van der Waals surface area contributed by atoms with Crippen LogP contribution in [-0.2, 0) is 4.74 Å². The van der Waals surface area contributed by atoms with Gasteiger partial charge in [0.1, 0.15) is 0 Å². The number of nitrogens with zero attached hydrogens (tertiary/aromatic N) is 1. The summed E-state index contributed by atoms with van der Waals surface area (Å²) in [5.74, 6) is 0.517. The van der Waals surface area contributed by atoms with E-state index in [1.54, 1.807) is 0 Å². The highest BCUT2D eigenvalue weighted by atomic mass is 16.5. The summed E-state index contributed by atoms with van der Waals surface area (Å²) in [6.07, 6.45) is 12.0. The summed E-state index contributed by atoms with van der Waals surface area (Å²) < 4.78 is 6.02. The zero-order valence-corrected chi connectivity index (χ0v) is 13.0. The minimum Gasteiger partial charge on any atom is -0.393 e. The van der Waals surface area contributed by atoms with E-state index in [0.29, 0.717) is 24.2 Å². The first kappa shape index (κ1) is 14.8. The van der Waals surface area contributed by atoms with Gasteiger partial charge in [0.15, 0.2) is 0 Å². The van der Waals surface area contributed by atoms with Crippen molar-refractivity contribution in [3.05, 3.63) is 0 Å². The van der Waals surface area contributed by atoms with Crippen molar-refractivity contribution in [1.82, 2.24) is 4.90 Å². The summed E-state index contributed by atoms with van der Waals surface area (Å²) in [6, 6.07) is 0.610. The maximum Gasteiger partial charge on any atom is 0.0706 e. The van der Waals surface area contributed by atoms with Gasteiger partial charge in [0.2, 0.25) is 0 Å². The standard InChI is InChI=1S/C17H31NO2/c1-13-9-10-14(20-13)12-18-11-5-4-7-16(18)15-6-2-3-8-17(15)19/h13-17,19H,2-12H2,1H3. The summed E-state index contributed by atoms with van der Waals surface area (Å²) in [4.78, 5) is 2.66. The average Bonchev–Trinajstić information content (AvgIpc) is 2.86. The van der Waals surface area contributed by atoms with E-state index in [4.69, 9.17) is 4.74 Å². The summed E-state index contributed by atoms with van der Waals surface area (Å²) in [5, 5.41) is 10.4. The molecule has 3 aliphatic rings. The summed E-state index contributed by atoms with van der Waals surface area (Å²) in [5.41, 5.74) is 0. The molecule has 1 N–H and O–H groups in total. The minimum atomic E-state index is -0.0576. The van der Waals surface area contributed by atoms with Gasteiger partial charge in [0.25, 0.3) is 0 Å². The lowest BCUT2D eigenvalue weighted by Gasteiger charge is -2.44. The fraction of sp³-hybridized carbons (Fsp3) is 1.00. The Morgan fingerprint density at radius 2 is 1.80 bits per heavy atom.